The summed E-state index contributed by atoms with van der Waals surface area (Å²) in [7, 11) is 0. The molecule has 1 heterocycles. The smallest absolute Gasteiger partial charge is 0.319 e. The number of nitrogens with two attached hydrogens (primary N) is 1. The summed E-state index contributed by atoms with van der Waals surface area (Å²) in [5.41, 5.74) is 5.15. The standard InChI is InChI=1S/C11H23N3O2/c1-2-3-13-4-6-14(7-5-13)8-9-16-11(15)10-12/h2-10,12H2,1H3. The SMILES string of the molecule is CCCN1CCN(CCOC(=O)CN)CC1. The quantitative estimate of drug-likeness (QED) is 0.623. The molecular weight excluding hydrogens is 206 g/mol. The van der Waals surface area contributed by atoms with Gasteiger partial charge in [0.1, 0.15) is 6.61 Å². The average molecular weight is 229 g/mol. The molecule has 5 heteroatoms. The van der Waals surface area contributed by atoms with Gasteiger partial charge in [0.05, 0.1) is 6.54 Å². The lowest BCUT2D eigenvalue weighted by molar-refractivity contribution is -0.142. The van der Waals surface area contributed by atoms with Crippen molar-refractivity contribution in [2.75, 3.05) is 52.4 Å². The highest BCUT2D eigenvalue weighted by Crippen LogP contribution is 2.01. The largest absolute Gasteiger partial charge is 0.463 e. The van der Waals surface area contributed by atoms with Gasteiger partial charge in [-0.3, -0.25) is 9.69 Å². The zero-order valence-corrected chi connectivity index (χ0v) is 10.2. The normalized spacial score (nSPS) is 18.6. The van der Waals surface area contributed by atoms with E-state index < -0.39 is 0 Å². The molecule has 0 aromatic rings. The van der Waals surface area contributed by atoms with Crippen molar-refractivity contribution in [3.05, 3.63) is 0 Å². The topological polar surface area (TPSA) is 58.8 Å². The molecule has 0 saturated carbocycles. The second-order valence-corrected chi connectivity index (χ2v) is 4.11. The summed E-state index contributed by atoms with van der Waals surface area (Å²) in [6.07, 6.45) is 1.22. The highest BCUT2D eigenvalue weighted by atomic mass is 16.5. The molecule has 1 aliphatic heterocycles. The Bertz CT molecular complexity index is 203. The molecular formula is C11H23N3O2. The van der Waals surface area contributed by atoms with Crippen LogP contribution in [0.4, 0.5) is 0 Å². The van der Waals surface area contributed by atoms with E-state index in [1.54, 1.807) is 0 Å². The van der Waals surface area contributed by atoms with Crippen LogP contribution in [0.3, 0.4) is 0 Å². The van der Waals surface area contributed by atoms with Gasteiger partial charge in [0.25, 0.3) is 0 Å². The Labute approximate surface area is 97.5 Å². The first-order valence-electron chi connectivity index (χ1n) is 6.06. The van der Waals surface area contributed by atoms with Gasteiger partial charge in [-0.15, -0.1) is 0 Å². The third kappa shape index (κ3) is 4.92. The third-order valence-corrected chi connectivity index (χ3v) is 2.84. The second kappa shape index (κ2) is 7.60. The fraction of sp³-hybridized carbons (Fsp3) is 0.909. The lowest BCUT2D eigenvalue weighted by Gasteiger charge is -2.34. The van der Waals surface area contributed by atoms with Crippen LogP contribution in [0.5, 0.6) is 0 Å². The van der Waals surface area contributed by atoms with Crippen molar-refractivity contribution in [2.45, 2.75) is 13.3 Å². The minimum atomic E-state index is -0.315. The first-order chi connectivity index (χ1) is 7.76. The first kappa shape index (κ1) is 13.4. The van der Waals surface area contributed by atoms with Gasteiger partial charge in [-0.1, -0.05) is 6.92 Å². The van der Waals surface area contributed by atoms with Gasteiger partial charge in [-0.2, -0.15) is 0 Å². The molecule has 1 fully saturated rings. The van der Waals surface area contributed by atoms with Crippen LogP contribution in [0.25, 0.3) is 0 Å². The van der Waals surface area contributed by atoms with Crippen LogP contribution < -0.4 is 5.73 Å². The molecule has 0 aromatic heterocycles. The summed E-state index contributed by atoms with van der Waals surface area (Å²) in [6.45, 7) is 9.05. The number of esters is 1. The molecule has 16 heavy (non-hydrogen) atoms. The molecule has 5 nitrogen and oxygen atoms in total. The lowest BCUT2D eigenvalue weighted by Crippen LogP contribution is -2.47. The van der Waals surface area contributed by atoms with Crippen LogP contribution in [0.1, 0.15) is 13.3 Å². The van der Waals surface area contributed by atoms with E-state index in [0.717, 1.165) is 32.7 Å². The Morgan fingerprint density at radius 3 is 2.25 bits per heavy atom. The summed E-state index contributed by atoms with van der Waals surface area (Å²) in [5, 5.41) is 0. The van der Waals surface area contributed by atoms with Gasteiger partial charge in [0.2, 0.25) is 0 Å². The predicted octanol–water partition coefficient (Wildman–Crippen LogP) is -0.484. The molecule has 0 amide bonds. The van der Waals surface area contributed by atoms with E-state index in [2.05, 4.69) is 16.7 Å². The van der Waals surface area contributed by atoms with Gasteiger partial charge < -0.3 is 15.4 Å². The molecule has 1 aliphatic rings. The molecule has 0 aromatic carbocycles. The Morgan fingerprint density at radius 1 is 1.19 bits per heavy atom. The molecule has 94 valence electrons. The summed E-state index contributed by atoms with van der Waals surface area (Å²) < 4.78 is 4.95. The van der Waals surface area contributed by atoms with Crippen molar-refractivity contribution in [1.82, 2.24) is 9.80 Å². The van der Waals surface area contributed by atoms with Gasteiger partial charge in [-0.25, -0.2) is 0 Å². The molecule has 0 aliphatic carbocycles. The highest BCUT2D eigenvalue weighted by molar-refractivity contribution is 5.71. The molecule has 0 radical (unpaired) electrons. The fourth-order valence-electron chi connectivity index (χ4n) is 1.90. The van der Waals surface area contributed by atoms with E-state index in [-0.39, 0.29) is 12.5 Å². The van der Waals surface area contributed by atoms with Gasteiger partial charge >= 0.3 is 5.97 Å². The zero-order chi connectivity index (χ0) is 11.8. The van der Waals surface area contributed by atoms with Gasteiger partial charge in [-0.05, 0) is 13.0 Å². The maximum Gasteiger partial charge on any atom is 0.319 e. The molecule has 1 saturated heterocycles. The third-order valence-electron chi connectivity index (χ3n) is 2.84. The molecule has 0 spiro atoms. The van der Waals surface area contributed by atoms with Crippen LogP contribution in [-0.4, -0.2) is 68.2 Å². The summed E-state index contributed by atoms with van der Waals surface area (Å²) in [4.78, 5) is 15.6. The minimum absolute atomic E-state index is 0.0235. The Morgan fingerprint density at radius 2 is 1.75 bits per heavy atom. The number of hydrogen-bond donors (Lipinski definition) is 1. The molecule has 0 unspecified atom stereocenters. The van der Waals surface area contributed by atoms with E-state index in [4.69, 9.17) is 10.5 Å². The van der Waals surface area contributed by atoms with Crippen LogP contribution in [0, 0.1) is 0 Å². The van der Waals surface area contributed by atoms with E-state index in [1.165, 1.54) is 13.0 Å². The van der Waals surface area contributed by atoms with E-state index in [1.807, 2.05) is 0 Å². The number of hydrogen-bond acceptors (Lipinski definition) is 5. The number of ether oxygens (including phenoxy) is 1. The molecule has 0 bridgehead atoms. The Balaban J connectivity index is 2.06. The molecule has 2 N–H and O–H groups in total. The summed E-state index contributed by atoms with van der Waals surface area (Å²) >= 11 is 0. The number of nitrogens with zero attached hydrogens (tertiary/aromatic N) is 2. The first-order valence-corrected chi connectivity index (χ1v) is 6.06. The van der Waals surface area contributed by atoms with Crippen molar-refractivity contribution >= 4 is 5.97 Å². The van der Waals surface area contributed by atoms with E-state index in [0.29, 0.717) is 6.61 Å². The van der Waals surface area contributed by atoms with Gasteiger partial charge in [0, 0.05) is 32.7 Å². The van der Waals surface area contributed by atoms with Crippen molar-refractivity contribution in [3.63, 3.8) is 0 Å². The summed E-state index contributed by atoms with van der Waals surface area (Å²) in [5.74, 6) is -0.315. The Hall–Kier alpha value is -0.650. The van der Waals surface area contributed by atoms with Crippen molar-refractivity contribution in [2.24, 2.45) is 5.73 Å². The number of rotatable bonds is 6. The fourth-order valence-corrected chi connectivity index (χ4v) is 1.90. The second-order valence-electron chi connectivity index (χ2n) is 4.11. The maximum atomic E-state index is 10.8. The summed E-state index contributed by atoms with van der Waals surface area (Å²) in [6, 6.07) is 0. The van der Waals surface area contributed by atoms with Crippen molar-refractivity contribution in [1.29, 1.82) is 0 Å². The monoisotopic (exact) mass is 229 g/mol. The van der Waals surface area contributed by atoms with Crippen LogP contribution in [-0.2, 0) is 9.53 Å². The number of carbonyl (C=O) groups is 1. The van der Waals surface area contributed by atoms with Gasteiger partial charge in [0.15, 0.2) is 0 Å². The minimum Gasteiger partial charge on any atom is -0.463 e. The van der Waals surface area contributed by atoms with Crippen LogP contribution in [0.15, 0.2) is 0 Å². The lowest BCUT2D eigenvalue weighted by atomic mass is 10.3. The molecule has 1 rings (SSSR count). The van der Waals surface area contributed by atoms with E-state index in [9.17, 15) is 4.79 Å². The number of carbonyl (C=O) groups excluding carboxylic acids is 1. The molecule has 0 atom stereocenters. The highest BCUT2D eigenvalue weighted by Gasteiger charge is 2.15. The number of piperazine rings is 1. The average Bonchev–Trinajstić information content (AvgIpc) is 2.31. The van der Waals surface area contributed by atoms with Crippen LogP contribution in [0.2, 0.25) is 0 Å². The van der Waals surface area contributed by atoms with Crippen LogP contribution >= 0.6 is 0 Å². The van der Waals surface area contributed by atoms with Crippen molar-refractivity contribution in [3.8, 4) is 0 Å². The maximum absolute atomic E-state index is 10.8. The van der Waals surface area contributed by atoms with Crippen molar-refractivity contribution < 1.29 is 9.53 Å². The van der Waals surface area contributed by atoms with E-state index >= 15 is 0 Å². The zero-order valence-electron chi connectivity index (χ0n) is 10.2. The Kier molecular flexibility index (Phi) is 6.37. The predicted molar refractivity (Wildman–Crippen MR) is 63.2 cm³/mol.